The first-order valence-electron chi connectivity index (χ1n) is 5.26. The third-order valence-electron chi connectivity index (χ3n) is 2.01. The molecule has 0 aliphatic heterocycles. The van der Waals surface area contributed by atoms with Gasteiger partial charge in [-0.3, -0.25) is 0 Å². The van der Waals surface area contributed by atoms with Crippen LogP contribution >= 0.6 is 11.6 Å². The van der Waals surface area contributed by atoms with Crippen LogP contribution in [0.2, 0.25) is 0 Å². The van der Waals surface area contributed by atoms with Crippen LogP contribution in [0.5, 0.6) is 0 Å². The van der Waals surface area contributed by atoms with E-state index in [0.29, 0.717) is 10.8 Å². The molecule has 13 heavy (non-hydrogen) atoms. The topological polar surface area (TPSA) is 12.0 Å². The van der Waals surface area contributed by atoms with Crippen molar-refractivity contribution in [3.8, 4) is 0 Å². The van der Waals surface area contributed by atoms with Crippen LogP contribution in [0.25, 0.3) is 0 Å². The maximum Gasteiger partial charge on any atom is 0.0308 e. The SMILES string of the molecule is CC(Cl)CCCNCCC(C)(C)C. The molecule has 2 heteroatoms. The largest absolute Gasteiger partial charge is 0.317 e. The molecule has 0 saturated carbocycles. The number of alkyl halides is 1. The van der Waals surface area contributed by atoms with Crippen LogP contribution in [0, 0.1) is 5.41 Å². The van der Waals surface area contributed by atoms with E-state index in [1.54, 1.807) is 0 Å². The molecule has 0 aromatic rings. The molecule has 0 fully saturated rings. The molecule has 1 unspecified atom stereocenters. The zero-order chi connectivity index (χ0) is 10.3. The number of hydrogen-bond donors (Lipinski definition) is 1. The molecule has 0 radical (unpaired) electrons. The fraction of sp³-hybridized carbons (Fsp3) is 1.00. The molecule has 1 nitrogen and oxygen atoms in total. The summed E-state index contributed by atoms with van der Waals surface area (Å²) in [5.74, 6) is 0. The van der Waals surface area contributed by atoms with Crippen molar-refractivity contribution >= 4 is 11.6 Å². The van der Waals surface area contributed by atoms with E-state index in [1.807, 2.05) is 0 Å². The minimum absolute atomic E-state index is 0.324. The second-order valence-corrected chi connectivity index (χ2v) is 5.73. The van der Waals surface area contributed by atoms with E-state index in [0.717, 1.165) is 19.5 Å². The van der Waals surface area contributed by atoms with Crippen LogP contribution in [-0.2, 0) is 0 Å². The lowest BCUT2D eigenvalue weighted by molar-refractivity contribution is 0.366. The van der Waals surface area contributed by atoms with Gasteiger partial charge < -0.3 is 5.32 Å². The van der Waals surface area contributed by atoms with E-state index in [2.05, 4.69) is 33.0 Å². The third kappa shape index (κ3) is 12.2. The van der Waals surface area contributed by atoms with Crippen LogP contribution < -0.4 is 5.32 Å². The summed E-state index contributed by atoms with van der Waals surface area (Å²) in [6.07, 6.45) is 3.54. The van der Waals surface area contributed by atoms with E-state index in [1.165, 1.54) is 12.8 Å². The zero-order valence-electron chi connectivity index (χ0n) is 9.49. The number of nitrogens with one attached hydrogen (secondary N) is 1. The second-order valence-electron chi connectivity index (χ2n) is 4.98. The van der Waals surface area contributed by atoms with Gasteiger partial charge in [0.1, 0.15) is 0 Å². The molecule has 0 heterocycles. The summed E-state index contributed by atoms with van der Waals surface area (Å²) in [7, 11) is 0. The Bertz CT molecular complexity index is 116. The monoisotopic (exact) mass is 205 g/mol. The van der Waals surface area contributed by atoms with E-state index >= 15 is 0 Å². The molecule has 0 amide bonds. The van der Waals surface area contributed by atoms with Crippen molar-refractivity contribution in [3.63, 3.8) is 0 Å². The Balaban J connectivity index is 3.09. The van der Waals surface area contributed by atoms with Gasteiger partial charge in [0.2, 0.25) is 0 Å². The fourth-order valence-corrected chi connectivity index (χ4v) is 1.25. The Hall–Kier alpha value is 0.250. The maximum absolute atomic E-state index is 5.84. The lowest BCUT2D eigenvalue weighted by Gasteiger charge is -2.18. The first-order valence-corrected chi connectivity index (χ1v) is 5.70. The number of hydrogen-bond acceptors (Lipinski definition) is 1. The predicted octanol–water partition coefficient (Wildman–Crippen LogP) is 3.42. The van der Waals surface area contributed by atoms with E-state index in [9.17, 15) is 0 Å². The highest BCUT2D eigenvalue weighted by Gasteiger charge is 2.08. The lowest BCUT2D eigenvalue weighted by atomic mass is 9.92. The molecular weight excluding hydrogens is 182 g/mol. The van der Waals surface area contributed by atoms with Crippen molar-refractivity contribution in [2.45, 2.75) is 52.3 Å². The Labute approximate surface area is 88.2 Å². The molecule has 0 aliphatic rings. The average molecular weight is 206 g/mol. The Morgan fingerprint density at radius 2 is 1.85 bits per heavy atom. The highest BCUT2D eigenvalue weighted by atomic mass is 35.5. The zero-order valence-corrected chi connectivity index (χ0v) is 10.2. The molecule has 0 aromatic carbocycles. The van der Waals surface area contributed by atoms with Crippen molar-refractivity contribution in [2.75, 3.05) is 13.1 Å². The summed E-state index contributed by atoms with van der Waals surface area (Å²) in [6.45, 7) is 11.1. The highest BCUT2D eigenvalue weighted by Crippen LogP contribution is 2.16. The molecule has 1 N–H and O–H groups in total. The smallest absolute Gasteiger partial charge is 0.0308 e. The molecule has 0 aromatic heterocycles. The van der Waals surface area contributed by atoms with Crippen LogP contribution in [0.3, 0.4) is 0 Å². The fourth-order valence-electron chi connectivity index (χ4n) is 1.10. The number of halogens is 1. The summed E-state index contributed by atoms with van der Waals surface area (Å²) in [6, 6.07) is 0. The Kier molecular flexibility index (Phi) is 6.79. The van der Waals surface area contributed by atoms with Gasteiger partial charge in [-0.25, -0.2) is 0 Å². The van der Waals surface area contributed by atoms with Crippen molar-refractivity contribution in [1.29, 1.82) is 0 Å². The first-order chi connectivity index (χ1) is 5.92. The summed E-state index contributed by atoms with van der Waals surface area (Å²) < 4.78 is 0. The van der Waals surface area contributed by atoms with Crippen LogP contribution in [0.1, 0.15) is 47.0 Å². The molecule has 1 atom stereocenters. The molecule has 0 aliphatic carbocycles. The Morgan fingerprint density at radius 3 is 2.31 bits per heavy atom. The van der Waals surface area contributed by atoms with Gasteiger partial charge in [0, 0.05) is 5.38 Å². The maximum atomic E-state index is 5.84. The highest BCUT2D eigenvalue weighted by molar-refractivity contribution is 6.20. The van der Waals surface area contributed by atoms with Gasteiger partial charge in [-0.1, -0.05) is 20.8 Å². The van der Waals surface area contributed by atoms with E-state index in [4.69, 9.17) is 11.6 Å². The first kappa shape index (κ1) is 13.2. The average Bonchev–Trinajstić information content (AvgIpc) is 1.93. The predicted molar refractivity (Wildman–Crippen MR) is 61.5 cm³/mol. The molecule has 0 rings (SSSR count). The van der Waals surface area contributed by atoms with Gasteiger partial charge in [-0.2, -0.15) is 0 Å². The lowest BCUT2D eigenvalue weighted by Crippen LogP contribution is -2.21. The van der Waals surface area contributed by atoms with Crippen LogP contribution in [0.4, 0.5) is 0 Å². The molecule has 80 valence electrons. The molecule has 0 spiro atoms. The quantitative estimate of drug-likeness (QED) is 0.518. The van der Waals surface area contributed by atoms with Crippen LogP contribution in [-0.4, -0.2) is 18.5 Å². The Morgan fingerprint density at radius 1 is 1.23 bits per heavy atom. The molecule has 0 bridgehead atoms. The van der Waals surface area contributed by atoms with Crippen molar-refractivity contribution in [1.82, 2.24) is 5.32 Å². The summed E-state index contributed by atoms with van der Waals surface area (Å²) >= 11 is 5.84. The van der Waals surface area contributed by atoms with Gasteiger partial charge in [0.15, 0.2) is 0 Å². The van der Waals surface area contributed by atoms with Gasteiger partial charge in [0.05, 0.1) is 0 Å². The van der Waals surface area contributed by atoms with E-state index in [-0.39, 0.29) is 0 Å². The third-order valence-corrected chi connectivity index (χ3v) is 2.23. The summed E-state index contributed by atoms with van der Waals surface area (Å²) in [5, 5.41) is 3.76. The normalized spacial score (nSPS) is 14.5. The van der Waals surface area contributed by atoms with Crippen molar-refractivity contribution in [2.24, 2.45) is 5.41 Å². The number of rotatable bonds is 6. The summed E-state index contributed by atoms with van der Waals surface area (Å²) in [4.78, 5) is 0. The van der Waals surface area contributed by atoms with Gasteiger partial charge in [0.25, 0.3) is 0 Å². The van der Waals surface area contributed by atoms with Gasteiger partial charge in [-0.05, 0) is 44.7 Å². The van der Waals surface area contributed by atoms with Gasteiger partial charge in [-0.15, -0.1) is 11.6 Å². The second kappa shape index (κ2) is 6.67. The minimum Gasteiger partial charge on any atom is -0.317 e. The van der Waals surface area contributed by atoms with Crippen LogP contribution in [0.15, 0.2) is 0 Å². The standard InChI is InChI=1S/C11H24ClN/c1-10(12)6-5-8-13-9-7-11(2,3)4/h10,13H,5-9H2,1-4H3. The van der Waals surface area contributed by atoms with E-state index < -0.39 is 0 Å². The summed E-state index contributed by atoms with van der Waals surface area (Å²) in [5.41, 5.74) is 0.451. The molecular formula is C11H24ClN. The molecule has 0 saturated heterocycles. The van der Waals surface area contributed by atoms with Gasteiger partial charge >= 0.3 is 0 Å². The minimum atomic E-state index is 0.324. The van der Waals surface area contributed by atoms with Crippen molar-refractivity contribution < 1.29 is 0 Å². The van der Waals surface area contributed by atoms with Crippen molar-refractivity contribution in [3.05, 3.63) is 0 Å².